The lowest BCUT2D eigenvalue weighted by molar-refractivity contribution is 0.0694. The molecule has 2 aliphatic heterocycles. The minimum Gasteiger partial charge on any atom is -0.497 e. The summed E-state index contributed by atoms with van der Waals surface area (Å²) in [5.41, 5.74) is 0. The Morgan fingerprint density at radius 3 is 2.94 bits per heavy atom. The third kappa shape index (κ3) is 3.25. The number of allylic oxidation sites excluding steroid dienone is 1. The van der Waals surface area contributed by atoms with Gasteiger partial charge < -0.3 is 15.0 Å². The Balaban J connectivity index is 2.09. The van der Waals surface area contributed by atoms with E-state index in [9.17, 15) is 0 Å². The lowest BCUT2D eigenvalue weighted by Crippen LogP contribution is -2.59. The molecule has 0 aliphatic carbocycles. The van der Waals surface area contributed by atoms with Crippen molar-refractivity contribution in [3.05, 3.63) is 11.8 Å². The molecule has 0 amide bonds. The number of hydrogen-bond donors (Lipinski definition) is 1. The van der Waals surface area contributed by atoms with Gasteiger partial charge in [-0.3, -0.25) is 4.90 Å². The molecular formula is C14H27N3O. The number of nitrogens with zero attached hydrogens (tertiary/aromatic N) is 2. The maximum atomic E-state index is 5.88. The van der Waals surface area contributed by atoms with E-state index in [-0.39, 0.29) is 0 Å². The highest BCUT2D eigenvalue weighted by Crippen LogP contribution is 2.20. The fourth-order valence-electron chi connectivity index (χ4n) is 2.84. The first-order chi connectivity index (χ1) is 8.72. The molecule has 2 aliphatic rings. The number of hydrogen-bond acceptors (Lipinski definition) is 4. The van der Waals surface area contributed by atoms with Gasteiger partial charge in [0.1, 0.15) is 5.76 Å². The van der Waals surface area contributed by atoms with Crippen LogP contribution < -0.4 is 5.32 Å². The zero-order valence-corrected chi connectivity index (χ0v) is 12.0. The van der Waals surface area contributed by atoms with Crippen molar-refractivity contribution in [1.82, 2.24) is 15.1 Å². The van der Waals surface area contributed by atoms with Crippen molar-refractivity contribution in [2.75, 3.05) is 46.9 Å². The number of ether oxygens (including phenoxy) is 1. The lowest BCUT2D eigenvalue weighted by Gasteiger charge is -2.43. The molecule has 2 heterocycles. The van der Waals surface area contributed by atoms with E-state index in [1.54, 1.807) is 0 Å². The zero-order chi connectivity index (χ0) is 13.0. The van der Waals surface area contributed by atoms with E-state index in [1.165, 1.54) is 0 Å². The maximum Gasteiger partial charge on any atom is 0.111 e. The van der Waals surface area contributed by atoms with Gasteiger partial charge in [0.05, 0.1) is 12.6 Å². The zero-order valence-electron chi connectivity index (χ0n) is 12.0. The quantitative estimate of drug-likeness (QED) is 0.806. The Morgan fingerprint density at radius 1 is 1.44 bits per heavy atom. The highest BCUT2D eigenvalue weighted by atomic mass is 16.5. The van der Waals surface area contributed by atoms with E-state index in [0.717, 1.165) is 51.4 Å². The third-order valence-electron chi connectivity index (χ3n) is 3.98. The molecule has 0 aromatic carbocycles. The van der Waals surface area contributed by atoms with Crippen molar-refractivity contribution in [1.29, 1.82) is 0 Å². The molecule has 104 valence electrons. The molecule has 1 saturated heterocycles. The summed E-state index contributed by atoms with van der Waals surface area (Å²) in [6, 6.07) is 0.844. The molecule has 0 aromatic heterocycles. The highest BCUT2D eigenvalue weighted by molar-refractivity contribution is 5.11. The average Bonchev–Trinajstić information content (AvgIpc) is 2.40. The summed E-state index contributed by atoms with van der Waals surface area (Å²) in [4.78, 5) is 4.88. The molecule has 18 heavy (non-hydrogen) atoms. The van der Waals surface area contributed by atoms with Crippen LogP contribution in [0.25, 0.3) is 0 Å². The Morgan fingerprint density at radius 2 is 2.28 bits per heavy atom. The molecule has 0 spiro atoms. The molecule has 0 radical (unpaired) electrons. The van der Waals surface area contributed by atoms with Crippen LogP contribution in [0.2, 0.25) is 0 Å². The second-order valence-corrected chi connectivity index (χ2v) is 5.44. The van der Waals surface area contributed by atoms with Crippen LogP contribution in [-0.2, 0) is 4.74 Å². The van der Waals surface area contributed by atoms with Gasteiger partial charge in [-0.15, -0.1) is 0 Å². The number of likely N-dealkylation sites (N-methyl/N-ethyl adjacent to an activating group) is 3. The van der Waals surface area contributed by atoms with Crippen LogP contribution in [0.4, 0.5) is 0 Å². The maximum absolute atomic E-state index is 5.88. The topological polar surface area (TPSA) is 27.7 Å². The Labute approximate surface area is 111 Å². The van der Waals surface area contributed by atoms with Crippen molar-refractivity contribution in [3.63, 3.8) is 0 Å². The van der Waals surface area contributed by atoms with Gasteiger partial charge in [0.25, 0.3) is 0 Å². The van der Waals surface area contributed by atoms with Crippen LogP contribution in [0.5, 0.6) is 0 Å². The average molecular weight is 253 g/mol. The second kappa shape index (κ2) is 6.55. The monoisotopic (exact) mass is 253 g/mol. The SMILES string of the molecule is CCNC(C1=CCCCO1)C1CN(C)CCN1C. The molecule has 4 heteroatoms. The van der Waals surface area contributed by atoms with Crippen molar-refractivity contribution in [2.45, 2.75) is 31.8 Å². The smallest absolute Gasteiger partial charge is 0.111 e. The number of nitrogens with one attached hydrogen (secondary N) is 1. The number of piperazine rings is 1. The molecule has 0 bridgehead atoms. The molecule has 1 fully saturated rings. The largest absolute Gasteiger partial charge is 0.497 e. The minimum atomic E-state index is 0.336. The van der Waals surface area contributed by atoms with Crippen LogP contribution in [0.3, 0.4) is 0 Å². The molecule has 2 atom stereocenters. The fraction of sp³-hybridized carbons (Fsp3) is 0.857. The van der Waals surface area contributed by atoms with Gasteiger partial charge in [0.2, 0.25) is 0 Å². The van der Waals surface area contributed by atoms with E-state index >= 15 is 0 Å². The van der Waals surface area contributed by atoms with Crippen LogP contribution in [-0.4, -0.2) is 68.8 Å². The summed E-state index contributed by atoms with van der Waals surface area (Å²) in [7, 11) is 4.44. The second-order valence-electron chi connectivity index (χ2n) is 5.44. The first-order valence-electron chi connectivity index (χ1n) is 7.17. The Hall–Kier alpha value is -0.580. The summed E-state index contributed by atoms with van der Waals surface area (Å²) in [5.74, 6) is 1.16. The number of rotatable bonds is 4. The third-order valence-corrected chi connectivity index (χ3v) is 3.98. The fourth-order valence-corrected chi connectivity index (χ4v) is 2.84. The van der Waals surface area contributed by atoms with Crippen LogP contribution in [0.1, 0.15) is 19.8 Å². The molecule has 0 aromatic rings. The van der Waals surface area contributed by atoms with E-state index in [0.29, 0.717) is 12.1 Å². The van der Waals surface area contributed by atoms with Crippen LogP contribution in [0.15, 0.2) is 11.8 Å². The van der Waals surface area contributed by atoms with Gasteiger partial charge in [-0.05, 0) is 39.6 Å². The molecule has 4 nitrogen and oxygen atoms in total. The van der Waals surface area contributed by atoms with Gasteiger partial charge in [0, 0.05) is 25.7 Å². The first kappa shape index (κ1) is 13.8. The highest BCUT2D eigenvalue weighted by Gasteiger charge is 2.32. The summed E-state index contributed by atoms with van der Waals surface area (Å²) >= 11 is 0. The van der Waals surface area contributed by atoms with E-state index in [1.807, 2.05) is 0 Å². The van der Waals surface area contributed by atoms with Crippen LogP contribution in [0, 0.1) is 0 Å². The lowest BCUT2D eigenvalue weighted by atomic mass is 10.00. The van der Waals surface area contributed by atoms with E-state index in [4.69, 9.17) is 4.74 Å². The van der Waals surface area contributed by atoms with Gasteiger partial charge >= 0.3 is 0 Å². The molecule has 2 rings (SSSR count). The first-order valence-corrected chi connectivity index (χ1v) is 7.17. The van der Waals surface area contributed by atoms with Gasteiger partial charge in [-0.1, -0.05) is 6.92 Å². The normalized spacial score (nSPS) is 28.6. The van der Waals surface area contributed by atoms with Gasteiger partial charge in [-0.2, -0.15) is 0 Å². The molecule has 0 saturated carbocycles. The molecule has 1 N–H and O–H groups in total. The standard InChI is InChI=1S/C14H27N3O/c1-4-15-14(13-7-5-6-10-18-13)12-11-16(2)8-9-17(12)3/h7,12,14-15H,4-6,8-11H2,1-3H3. The Kier molecular flexibility index (Phi) is 5.03. The Bertz CT molecular complexity index is 293. The van der Waals surface area contributed by atoms with E-state index < -0.39 is 0 Å². The summed E-state index contributed by atoms with van der Waals surface area (Å²) in [6.07, 6.45) is 4.59. The molecule has 2 unspecified atom stereocenters. The summed E-state index contributed by atoms with van der Waals surface area (Å²) < 4.78 is 5.88. The van der Waals surface area contributed by atoms with Crippen LogP contribution >= 0.6 is 0 Å². The van der Waals surface area contributed by atoms with Crippen molar-refractivity contribution in [2.24, 2.45) is 0 Å². The predicted octanol–water partition coefficient (Wildman–Crippen LogP) is 0.905. The van der Waals surface area contributed by atoms with Gasteiger partial charge in [-0.25, -0.2) is 0 Å². The minimum absolute atomic E-state index is 0.336. The van der Waals surface area contributed by atoms with E-state index in [2.05, 4.69) is 42.2 Å². The van der Waals surface area contributed by atoms with Crippen molar-refractivity contribution in [3.8, 4) is 0 Å². The predicted molar refractivity (Wildman–Crippen MR) is 74.6 cm³/mol. The molecular weight excluding hydrogens is 226 g/mol. The van der Waals surface area contributed by atoms with Crippen molar-refractivity contribution >= 4 is 0 Å². The van der Waals surface area contributed by atoms with Crippen molar-refractivity contribution < 1.29 is 4.74 Å². The summed E-state index contributed by atoms with van der Waals surface area (Å²) in [6.45, 7) is 7.43. The van der Waals surface area contributed by atoms with Gasteiger partial charge in [0.15, 0.2) is 0 Å². The summed E-state index contributed by atoms with van der Waals surface area (Å²) in [5, 5.41) is 3.61.